The quantitative estimate of drug-likeness (QED) is 0.588. The zero-order valence-corrected chi connectivity index (χ0v) is 8.80. The van der Waals surface area contributed by atoms with Gasteiger partial charge in [-0.3, -0.25) is 10.1 Å². The van der Waals surface area contributed by atoms with Gasteiger partial charge in [0, 0.05) is 24.1 Å². The van der Waals surface area contributed by atoms with Gasteiger partial charge in [0.2, 0.25) is 0 Å². The maximum Gasteiger partial charge on any atom is 0.269 e. The molecule has 0 spiro atoms. The van der Waals surface area contributed by atoms with E-state index in [4.69, 9.17) is 5.73 Å². The van der Waals surface area contributed by atoms with Crippen molar-refractivity contribution in [1.82, 2.24) is 0 Å². The van der Waals surface area contributed by atoms with E-state index in [9.17, 15) is 15.2 Å². The van der Waals surface area contributed by atoms with Crippen LogP contribution in [-0.2, 0) is 0 Å². The van der Waals surface area contributed by atoms with Gasteiger partial charge in [0.1, 0.15) is 0 Å². The monoisotopic (exact) mass is 222 g/mol. The first-order chi connectivity index (χ1) is 7.63. The molecule has 0 amide bonds. The molecule has 0 aliphatic heterocycles. The minimum atomic E-state index is -0.418. The van der Waals surface area contributed by atoms with Gasteiger partial charge < -0.3 is 10.8 Å². The number of nitrogens with zero attached hydrogens (tertiary/aromatic N) is 1. The lowest BCUT2D eigenvalue weighted by atomic mass is 10.00. The fourth-order valence-corrected chi connectivity index (χ4v) is 2.11. The van der Waals surface area contributed by atoms with Crippen LogP contribution in [0.1, 0.15) is 17.9 Å². The molecule has 1 saturated carbocycles. The number of nitrogens with two attached hydrogens (primary N) is 1. The van der Waals surface area contributed by atoms with Crippen molar-refractivity contribution in [2.45, 2.75) is 12.3 Å². The van der Waals surface area contributed by atoms with E-state index in [1.807, 2.05) is 0 Å². The molecule has 0 heterocycles. The average molecular weight is 222 g/mol. The molecular formula is C11H14N2O3. The Bertz CT molecular complexity index is 398. The van der Waals surface area contributed by atoms with Gasteiger partial charge in [-0.15, -0.1) is 0 Å². The minimum absolute atomic E-state index is 0.0746. The number of aliphatic hydroxyl groups is 1. The zero-order valence-electron chi connectivity index (χ0n) is 8.80. The van der Waals surface area contributed by atoms with Gasteiger partial charge in [0.15, 0.2) is 0 Å². The third-order valence-electron chi connectivity index (χ3n) is 3.42. The Hall–Kier alpha value is -1.46. The first kappa shape index (κ1) is 11.0. The normalized spacial score (nSPS) is 27.8. The van der Waals surface area contributed by atoms with Gasteiger partial charge in [-0.25, -0.2) is 0 Å². The topological polar surface area (TPSA) is 89.4 Å². The Morgan fingerprint density at radius 1 is 1.50 bits per heavy atom. The van der Waals surface area contributed by atoms with Crippen LogP contribution in [0.15, 0.2) is 24.3 Å². The van der Waals surface area contributed by atoms with E-state index in [0.29, 0.717) is 6.54 Å². The maximum absolute atomic E-state index is 10.5. The van der Waals surface area contributed by atoms with E-state index in [2.05, 4.69) is 0 Å². The second-order valence-corrected chi connectivity index (χ2v) is 4.33. The van der Waals surface area contributed by atoms with Crippen LogP contribution in [0.4, 0.5) is 5.69 Å². The van der Waals surface area contributed by atoms with Crippen LogP contribution >= 0.6 is 0 Å². The zero-order chi connectivity index (χ0) is 11.8. The largest absolute Gasteiger partial charge is 0.396 e. The molecule has 0 bridgehead atoms. The van der Waals surface area contributed by atoms with E-state index >= 15 is 0 Å². The Morgan fingerprint density at radius 3 is 2.50 bits per heavy atom. The highest BCUT2D eigenvalue weighted by Crippen LogP contribution is 2.58. The van der Waals surface area contributed by atoms with Gasteiger partial charge in [-0.1, -0.05) is 12.1 Å². The lowest BCUT2D eigenvalue weighted by molar-refractivity contribution is -0.384. The molecule has 2 atom stereocenters. The van der Waals surface area contributed by atoms with Crippen molar-refractivity contribution in [2.75, 3.05) is 13.2 Å². The number of non-ortho nitro benzene ring substituents is 1. The van der Waals surface area contributed by atoms with Crippen LogP contribution in [0.3, 0.4) is 0 Å². The third kappa shape index (κ3) is 1.68. The summed E-state index contributed by atoms with van der Waals surface area (Å²) in [5, 5.41) is 19.7. The average Bonchev–Trinajstić information content (AvgIpc) is 3.04. The highest BCUT2D eigenvalue weighted by atomic mass is 16.6. The number of rotatable bonds is 4. The van der Waals surface area contributed by atoms with Gasteiger partial charge in [0.25, 0.3) is 5.69 Å². The minimum Gasteiger partial charge on any atom is -0.396 e. The SMILES string of the molecule is NCC1(CO)CC1c1ccc([N+](=O)[O-])cc1. The van der Waals surface area contributed by atoms with E-state index in [0.717, 1.165) is 12.0 Å². The Labute approximate surface area is 93.0 Å². The number of hydrogen-bond donors (Lipinski definition) is 2. The Morgan fingerprint density at radius 2 is 2.12 bits per heavy atom. The summed E-state index contributed by atoms with van der Waals surface area (Å²) in [6, 6.07) is 6.48. The van der Waals surface area contributed by atoms with E-state index in [1.54, 1.807) is 12.1 Å². The molecule has 5 nitrogen and oxygen atoms in total. The maximum atomic E-state index is 10.5. The summed E-state index contributed by atoms with van der Waals surface area (Å²) in [4.78, 5) is 10.1. The van der Waals surface area contributed by atoms with Crippen LogP contribution in [-0.4, -0.2) is 23.2 Å². The van der Waals surface area contributed by atoms with Crippen LogP contribution in [0.2, 0.25) is 0 Å². The Kier molecular flexibility index (Phi) is 2.65. The van der Waals surface area contributed by atoms with Gasteiger partial charge in [-0.05, 0) is 17.9 Å². The lowest BCUT2D eigenvalue weighted by Gasteiger charge is -2.10. The van der Waals surface area contributed by atoms with Crippen molar-refractivity contribution in [2.24, 2.45) is 11.1 Å². The van der Waals surface area contributed by atoms with Crippen molar-refractivity contribution in [3.63, 3.8) is 0 Å². The molecule has 0 aromatic heterocycles. The van der Waals surface area contributed by atoms with Crippen molar-refractivity contribution < 1.29 is 10.0 Å². The van der Waals surface area contributed by atoms with Gasteiger partial charge >= 0.3 is 0 Å². The fourth-order valence-electron chi connectivity index (χ4n) is 2.11. The van der Waals surface area contributed by atoms with Crippen LogP contribution in [0.25, 0.3) is 0 Å². The van der Waals surface area contributed by atoms with E-state index < -0.39 is 4.92 Å². The van der Waals surface area contributed by atoms with Crippen LogP contribution < -0.4 is 5.73 Å². The second-order valence-electron chi connectivity index (χ2n) is 4.33. The smallest absolute Gasteiger partial charge is 0.269 e. The van der Waals surface area contributed by atoms with E-state index in [1.165, 1.54) is 12.1 Å². The highest BCUT2D eigenvalue weighted by Gasteiger charge is 2.53. The summed E-state index contributed by atoms with van der Waals surface area (Å²) in [5.41, 5.74) is 6.53. The molecule has 0 saturated heterocycles. The number of aliphatic hydroxyl groups excluding tert-OH is 1. The molecule has 2 unspecified atom stereocenters. The summed E-state index contributed by atoms with van der Waals surface area (Å²) in [6.45, 7) is 0.524. The first-order valence-electron chi connectivity index (χ1n) is 5.18. The lowest BCUT2D eigenvalue weighted by Crippen LogP contribution is -2.21. The molecule has 5 heteroatoms. The molecule has 16 heavy (non-hydrogen) atoms. The summed E-state index contributed by atoms with van der Waals surface area (Å²) < 4.78 is 0. The molecule has 1 aliphatic carbocycles. The molecule has 0 radical (unpaired) electrons. The number of nitro benzene ring substituents is 1. The predicted molar refractivity (Wildman–Crippen MR) is 59.0 cm³/mol. The molecule has 86 valence electrons. The van der Waals surface area contributed by atoms with Crippen molar-refractivity contribution >= 4 is 5.69 Å². The van der Waals surface area contributed by atoms with Crippen molar-refractivity contribution in [3.05, 3.63) is 39.9 Å². The predicted octanol–water partition coefficient (Wildman–Crippen LogP) is 1.02. The highest BCUT2D eigenvalue weighted by molar-refractivity contribution is 5.38. The summed E-state index contributed by atoms with van der Waals surface area (Å²) >= 11 is 0. The number of benzene rings is 1. The molecule has 1 aromatic carbocycles. The fraction of sp³-hybridized carbons (Fsp3) is 0.455. The first-order valence-corrected chi connectivity index (χ1v) is 5.18. The van der Waals surface area contributed by atoms with Crippen molar-refractivity contribution in [3.8, 4) is 0 Å². The number of nitro groups is 1. The molecule has 1 aromatic rings. The van der Waals surface area contributed by atoms with Crippen LogP contribution in [0.5, 0.6) is 0 Å². The van der Waals surface area contributed by atoms with Gasteiger partial charge in [0.05, 0.1) is 11.5 Å². The van der Waals surface area contributed by atoms with E-state index in [-0.39, 0.29) is 23.6 Å². The number of hydrogen-bond acceptors (Lipinski definition) is 4. The third-order valence-corrected chi connectivity index (χ3v) is 3.42. The molecule has 2 rings (SSSR count). The summed E-state index contributed by atoms with van der Waals surface area (Å²) in [6.07, 6.45) is 0.859. The van der Waals surface area contributed by atoms with Gasteiger partial charge in [-0.2, -0.15) is 0 Å². The summed E-state index contributed by atoms with van der Waals surface area (Å²) in [7, 11) is 0. The Balaban J connectivity index is 2.16. The molecule has 1 fully saturated rings. The second kappa shape index (κ2) is 3.84. The van der Waals surface area contributed by atoms with Crippen molar-refractivity contribution in [1.29, 1.82) is 0 Å². The van der Waals surface area contributed by atoms with Crippen LogP contribution in [0, 0.1) is 15.5 Å². The molecule has 1 aliphatic rings. The standard InChI is InChI=1S/C11H14N2O3/c12-6-11(7-14)5-10(11)8-1-3-9(4-2-8)13(15)16/h1-4,10,14H,5-7,12H2. The molecule has 3 N–H and O–H groups in total. The summed E-state index contributed by atoms with van der Waals surface area (Å²) in [5.74, 6) is 0.239. The molecular weight excluding hydrogens is 208 g/mol.